The number of hydrogen-bond acceptors (Lipinski definition) is 1. The highest BCUT2D eigenvalue weighted by atomic mass is 16.1. The Labute approximate surface area is 106 Å². The number of carbonyl (C=O) groups excluding carboxylic acids is 1. The number of rotatable bonds is 5. The van der Waals surface area contributed by atoms with E-state index in [-0.39, 0.29) is 5.41 Å². The molecule has 0 aromatic heterocycles. The molecule has 1 aliphatic carbocycles. The highest BCUT2D eigenvalue weighted by Gasteiger charge is 2.37. The van der Waals surface area contributed by atoms with Crippen LogP contribution in [0.4, 0.5) is 0 Å². The second-order valence-corrected chi connectivity index (χ2v) is 5.90. The van der Waals surface area contributed by atoms with Crippen LogP contribution in [-0.2, 0) is 4.79 Å². The van der Waals surface area contributed by atoms with Crippen LogP contribution < -0.4 is 0 Å². The Kier molecular flexibility index (Phi) is 4.73. The van der Waals surface area contributed by atoms with Gasteiger partial charge in [-0.1, -0.05) is 31.1 Å². The van der Waals surface area contributed by atoms with Crippen molar-refractivity contribution in [2.24, 2.45) is 11.3 Å². The standard InChI is InChI=1S/C16H26O/c1-12(2)7-6-8-15-9-10-16(5,14(4)17)13(3)11-15/h11,13H,1,6-10H2,2-5H3. The van der Waals surface area contributed by atoms with Crippen molar-refractivity contribution < 1.29 is 4.79 Å². The first-order valence-electron chi connectivity index (χ1n) is 6.71. The summed E-state index contributed by atoms with van der Waals surface area (Å²) < 4.78 is 0. The molecule has 1 nitrogen and oxygen atoms in total. The molecule has 0 aromatic carbocycles. The molecular formula is C16H26O. The van der Waals surface area contributed by atoms with E-state index in [2.05, 4.69) is 33.4 Å². The van der Waals surface area contributed by atoms with E-state index < -0.39 is 0 Å². The maximum Gasteiger partial charge on any atom is 0.136 e. The molecule has 1 aliphatic rings. The lowest BCUT2D eigenvalue weighted by Gasteiger charge is -2.36. The fraction of sp³-hybridized carbons (Fsp3) is 0.688. The highest BCUT2D eigenvalue weighted by molar-refractivity contribution is 5.82. The van der Waals surface area contributed by atoms with E-state index in [4.69, 9.17) is 0 Å². The van der Waals surface area contributed by atoms with Crippen LogP contribution in [-0.4, -0.2) is 5.78 Å². The number of Topliss-reactive ketones (excluding diaryl/α,β-unsaturated/α-hetero) is 1. The van der Waals surface area contributed by atoms with Gasteiger partial charge in [0.05, 0.1) is 0 Å². The summed E-state index contributed by atoms with van der Waals surface area (Å²) in [6.07, 6.45) is 7.94. The Morgan fingerprint density at radius 3 is 2.65 bits per heavy atom. The Balaban J connectivity index is 2.57. The van der Waals surface area contributed by atoms with Crippen molar-refractivity contribution in [1.29, 1.82) is 0 Å². The van der Waals surface area contributed by atoms with Crippen LogP contribution in [0.3, 0.4) is 0 Å². The Bertz CT molecular complexity index is 337. The first kappa shape index (κ1) is 14.2. The smallest absolute Gasteiger partial charge is 0.136 e. The zero-order valence-corrected chi connectivity index (χ0v) is 11.8. The third-order valence-corrected chi connectivity index (χ3v) is 4.36. The first-order valence-corrected chi connectivity index (χ1v) is 6.71. The molecule has 0 bridgehead atoms. The van der Waals surface area contributed by atoms with Gasteiger partial charge in [-0.15, -0.1) is 6.58 Å². The minimum atomic E-state index is -0.127. The van der Waals surface area contributed by atoms with Gasteiger partial charge in [-0.05, 0) is 51.9 Å². The summed E-state index contributed by atoms with van der Waals surface area (Å²) in [5.74, 6) is 0.718. The molecule has 0 amide bonds. The van der Waals surface area contributed by atoms with Crippen LogP contribution in [0.5, 0.6) is 0 Å². The van der Waals surface area contributed by atoms with Gasteiger partial charge >= 0.3 is 0 Å². The third kappa shape index (κ3) is 3.55. The summed E-state index contributed by atoms with van der Waals surface area (Å²) in [5.41, 5.74) is 2.68. The maximum absolute atomic E-state index is 11.7. The Morgan fingerprint density at radius 1 is 1.53 bits per heavy atom. The lowest BCUT2D eigenvalue weighted by molar-refractivity contribution is -0.128. The monoisotopic (exact) mass is 234 g/mol. The summed E-state index contributed by atoms with van der Waals surface area (Å²) >= 11 is 0. The second-order valence-electron chi connectivity index (χ2n) is 5.90. The van der Waals surface area contributed by atoms with Crippen LogP contribution in [0.2, 0.25) is 0 Å². The summed E-state index contributed by atoms with van der Waals surface area (Å²) in [4.78, 5) is 11.7. The first-order chi connectivity index (χ1) is 7.86. The topological polar surface area (TPSA) is 17.1 Å². The fourth-order valence-corrected chi connectivity index (χ4v) is 2.59. The molecule has 1 heteroatoms. The number of carbonyl (C=O) groups is 1. The number of ketones is 1. The molecule has 0 saturated heterocycles. The molecule has 0 aromatic rings. The largest absolute Gasteiger partial charge is 0.299 e. The maximum atomic E-state index is 11.7. The molecule has 2 unspecified atom stereocenters. The van der Waals surface area contributed by atoms with Crippen LogP contribution in [0, 0.1) is 11.3 Å². The van der Waals surface area contributed by atoms with Crippen molar-refractivity contribution in [3.63, 3.8) is 0 Å². The predicted octanol–water partition coefficient (Wildman–Crippen LogP) is 4.68. The van der Waals surface area contributed by atoms with Gasteiger partial charge in [-0.3, -0.25) is 4.79 Å². The third-order valence-electron chi connectivity index (χ3n) is 4.36. The lowest BCUT2D eigenvalue weighted by Crippen LogP contribution is -2.34. The normalized spacial score (nSPS) is 28.7. The minimum Gasteiger partial charge on any atom is -0.299 e. The van der Waals surface area contributed by atoms with Gasteiger partial charge in [0.15, 0.2) is 0 Å². The summed E-state index contributed by atoms with van der Waals surface area (Å²) in [5, 5.41) is 0. The minimum absolute atomic E-state index is 0.127. The van der Waals surface area contributed by atoms with E-state index in [0.29, 0.717) is 11.7 Å². The Hall–Kier alpha value is -0.850. The van der Waals surface area contributed by atoms with Crippen molar-refractivity contribution >= 4 is 5.78 Å². The molecule has 17 heavy (non-hydrogen) atoms. The average Bonchev–Trinajstić information content (AvgIpc) is 2.22. The van der Waals surface area contributed by atoms with E-state index in [1.807, 2.05) is 0 Å². The van der Waals surface area contributed by atoms with Crippen molar-refractivity contribution in [1.82, 2.24) is 0 Å². The molecule has 0 N–H and O–H groups in total. The van der Waals surface area contributed by atoms with E-state index in [1.54, 1.807) is 6.92 Å². The van der Waals surface area contributed by atoms with E-state index in [1.165, 1.54) is 24.0 Å². The van der Waals surface area contributed by atoms with Gasteiger partial charge < -0.3 is 0 Å². The molecule has 1 rings (SSSR count). The van der Waals surface area contributed by atoms with Crippen LogP contribution in [0.15, 0.2) is 23.8 Å². The Morgan fingerprint density at radius 2 is 2.18 bits per heavy atom. The van der Waals surface area contributed by atoms with E-state index >= 15 is 0 Å². The van der Waals surface area contributed by atoms with Crippen molar-refractivity contribution in [3.05, 3.63) is 23.8 Å². The summed E-state index contributed by atoms with van der Waals surface area (Å²) in [7, 11) is 0. The SMILES string of the molecule is C=C(C)CCCC1=CC(C)C(C)(C(C)=O)CC1. The molecule has 2 atom stereocenters. The lowest BCUT2D eigenvalue weighted by atomic mass is 9.67. The molecule has 0 radical (unpaired) electrons. The van der Waals surface area contributed by atoms with Gasteiger partial charge in [-0.25, -0.2) is 0 Å². The van der Waals surface area contributed by atoms with E-state index in [0.717, 1.165) is 19.3 Å². The molecular weight excluding hydrogens is 208 g/mol. The molecule has 0 aliphatic heterocycles. The average molecular weight is 234 g/mol. The highest BCUT2D eigenvalue weighted by Crippen LogP contribution is 2.41. The predicted molar refractivity (Wildman–Crippen MR) is 73.9 cm³/mol. The van der Waals surface area contributed by atoms with Crippen molar-refractivity contribution in [3.8, 4) is 0 Å². The van der Waals surface area contributed by atoms with Crippen LogP contribution >= 0.6 is 0 Å². The van der Waals surface area contributed by atoms with Gasteiger partial charge in [-0.2, -0.15) is 0 Å². The molecule has 0 fully saturated rings. The zero-order valence-electron chi connectivity index (χ0n) is 11.8. The second kappa shape index (κ2) is 5.66. The number of allylic oxidation sites excluding steroid dienone is 3. The molecule has 96 valence electrons. The van der Waals surface area contributed by atoms with Gasteiger partial charge in [0.2, 0.25) is 0 Å². The van der Waals surface area contributed by atoms with Gasteiger partial charge in [0, 0.05) is 5.41 Å². The summed E-state index contributed by atoms with van der Waals surface area (Å²) in [6, 6.07) is 0. The fourth-order valence-electron chi connectivity index (χ4n) is 2.59. The molecule has 0 saturated carbocycles. The van der Waals surface area contributed by atoms with Crippen molar-refractivity contribution in [2.45, 2.75) is 59.8 Å². The van der Waals surface area contributed by atoms with Crippen LogP contribution in [0.1, 0.15) is 59.8 Å². The van der Waals surface area contributed by atoms with Gasteiger partial charge in [0.1, 0.15) is 5.78 Å². The van der Waals surface area contributed by atoms with Crippen LogP contribution in [0.25, 0.3) is 0 Å². The molecule has 0 spiro atoms. The number of hydrogen-bond donors (Lipinski definition) is 0. The van der Waals surface area contributed by atoms with Crippen molar-refractivity contribution in [2.75, 3.05) is 0 Å². The summed E-state index contributed by atoms with van der Waals surface area (Å²) in [6.45, 7) is 12.0. The molecule has 0 heterocycles. The van der Waals surface area contributed by atoms with Gasteiger partial charge in [0.25, 0.3) is 0 Å². The zero-order chi connectivity index (χ0) is 13.1. The quantitative estimate of drug-likeness (QED) is 0.631. The van der Waals surface area contributed by atoms with E-state index in [9.17, 15) is 4.79 Å².